The third-order valence-electron chi connectivity index (χ3n) is 4.14. The molecule has 1 heterocycles. The molecule has 2 atom stereocenters. The summed E-state index contributed by atoms with van der Waals surface area (Å²) < 4.78 is 0. The van der Waals surface area contributed by atoms with Gasteiger partial charge in [-0.1, -0.05) is 30.3 Å². The van der Waals surface area contributed by atoms with Crippen molar-refractivity contribution in [2.75, 3.05) is 27.2 Å². The lowest BCUT2D eigenvalue weighted by Gasteiger charge is -2.29. The Morgan fingerprint density at radius 2 is 2.10 bits per heavy atom. The van der Waals surface area contributed by atoms with E-state index in [1.807, 2.05) is 23.1 Å². The Kier molecular flexibility index (Phi) is 5.76. The molecule has 0 spiro atoms. The minimum absolute atomic E-state index is 0.121. The minimum Gasteiger partial charge on any atom is -0.337 e. The van der Waals surface area contributed by atoms with Crippen LogP contribution in [0.25, 0.3) is 0 Å². The molecule has 1 fully saturated rings. The second kappa shape index (κ2) is 7.57. The Balaban J connectivity index is 1.86. The van der Waals surface area contributed by atoms with E-state index in [4.69, 9.17) is 5.73 Å². The molecule has 116 valence electrons. The van der Waals surface area contributed by atoms with Crippen molar-refractivity contribution in [1.29, 1.82) is 0 Å². The highest BCUT2D eigenvalue weighted by molar-refractivity contribution is 5.82. The van der Waals surface area contributed by atoms with Crippen molar-refractivity contribution in [3.8, 4) is 0 Å². The van der Waals surface area contributed by atoms with Crippen molar-refractivity contribution in [3.05, 3.63) is 35.9 Å². The minimum atomic E-state index is -0.382. The molecule has 2 N–H and O–H groups in total. The van der Waals surface area contributed by atoms with Gasteiger partial charge in [0.15, 0.2) is 0 Å². The summed E-state index contributed by atoms with van der Waals surface area (Å²) in [7, 11) is 4.10. The van der Waals surface area contributed by atoms with Gasteiger partial charge in [0.05, 0.1) is 6.04 Å². The maximum Gasteiger partial charge on any atom is 0.239 e. The van der Waals surface area contributed by atoms with Gasteiger partial charge in [0, 0.05) is 19.1 Å². The Bertz CT molecular complexity index is 447. The fourth-order valence-electron chi connectivity index (χ4n) is 3.04. The van der Waals surface area contributed by atoms with Crippen LogP contribution in [0.2, 0.25) is 0 Å². The average Bonchev–Trinajstić information content (AvgIpc) is 2.92. The van der Waals surface area contributed by atoms with Gasteiger partial charge in [0.1, 0.15) is 0 Å². The van der Waals surface area contributed by atoms with Gasteiger partial charge in [0.25, 0.3) is 0 Å². The normalized spacial score (nSPS) is 20.0. The number of benzene rings is 1. The van der Waals surface area contributed by atoms with Crippen LogP contribution in [0.5, 0.6) is 0 Å². The van der Waals surface area contributed by atoms with Gasteiger partial charge < -0.3 is 15.5 Å². The van der Waals surface area contributed by atoms with E-state index in [-0.39, 0.29) is 11.9 Å². The first-order chi connectivity index (χ1) is 10.1. The van der Waals surface area contributed by atoms with Crippen LogP contribution >= 0.6 is 0 Å². The number of aryl methyl sites for hydroxylation is 1. The lowest BCUT2D eigenvalue weighted by molar-refractivity contribution is -0.133. The van der Waals surface area contributed by atoms with Crippen LogP contribution < -0.4 is 5.73 Å². The molecule has 2 rings (SSSR count). The number of carbonyl (C=O) groups excluding carboxylic acids is 1. The highest BCUT2D eigenvalue weighted by Gasteiger charge is 2.31. The fraction of sp³-hybridized carbons (Fsp3) is 0.588. The van der Waals surface area contributed by atoms with Crippen LogP contribution in [-0.4, -0.2) is 55.0 Å². The molecule has 0 aromatic heterocycles. The van der Waals surface area contributed by atoms with Gasteiger partial charge in [-0.15, -0.1) is 0 Å². The van der Waals surface area contributed by atoms with Crippen molar-refractivity contribution in [2.45, 2.75) is 37.8 Å². The van der Waals surface area contributed by atoms with Crippen LogP contribution in [0.15, 0.2) is 30.3 Å². The average molecular weight is 289 g/mol. The van der Waals surface area contributed by atoms with E-state index in [0.29, 0.717) is 12.5 Å². The van der Waals surface area contributed by atoms with Crippen LogP contribution in [-0.2, 0) is 11.2 Å². The number of hydrogen-bond donors (Lipinski definition) is 1. The number of nitrogens with two attached hydrogens (primary N) is 1. The van der Waals surface area contributed by atoms with E-state index in [1.54, 1.807) is 0 Å². The van der Waals surface area contributed by atoms with Gasteiger partial charge in [0.2, 0.25) is 5.91 Å². The predicted octanol–water partition coefficient (Wildman–Crippen LogP) is 1.50. The zero-order chi connectivity index (χ0) is 15.2. The summed E-state index contributed by atoms with van der Waals surface area (Å²) in [5, 5.41) is 0. The first-order valence-corrected chi connectivity index (χ1v) is 7.82. The predicted molar refractivity (Wildman–Crippen MR) is 86.0 cm³/mol. The van der Waals surface area contributed by atoms with Crippen LogP contribution in [0.4, 0.5) is 0 Å². The van der Waals surface area contributed by atoms with E-state index in [0.717, 1.165) is 32.4 Å². The quantitative estimate of drug-likeness (QED) is 0.863. The Hall–Kier alpha value is -1.39. The number of nitrogens with zero attached hydrogens (tertiary/aromatic N) is 2. The molecular weight excluding hydrogens is 262 g/mol. The topological polar surface area (TPSA) is 49.6 Å². The van der Waals surface area contributed by atoms with Crippen molar-refractivity contribution < 1.29 is 4.79 Å². The lowest BCUT2D eigenvalue weighted by Crippen LogP contribution is -2.48. The van der Waals surface area contributed by atoms with Gasteiger partial charge in [-0.2, -0.15) is 0 Å². The van der Waals surface area contributed by atoms with E-state index < -0.39 is 0 Å². The maximum atomic E-state index is 12.5. The Morgan fingerprint density at radius 3 is 2.76 bits per heavy atom. The van der Waals surface area contributed by atoms with Crippen LogP contribution in [0.3, 0.4) is 0 Å². The van der Waals surface area contributed by atoms with Crippen LogP contribution in [0.1, 0.15) is 24.8 Å². The zero-order valence-electron chi connectivity index (χ0n) is 13.2. The highest BCUT2D eigenvalue weighted by atomic mass is 16.2. The SMILES string of the molecule is CN(C)CC1CCCN1C(=O)[C@@H](N)CCc1ccccc1. The number of hydrogen-bond acceptors (Lipinski definition) is 3. The molecule has 21 heavy (non-hydrogen) atoms. The summed E-state index contributed by atoms with van der Waals surface area (Å²) >= 11 is 0. The molecule has 0 saturated carbocycles. The molecule has 4 heteroatoms. The van der Waals surface area contributed by atoms with Gasteiger partial charge in [-0.3, -0.25) is 4.79 Å². The summed E-state index contributed by atoms with van der Waals surface area (Å²) in [6.45, 7) is 1.79. The smallest absolute Gasteiger partial charge is 0.239 e. The standard InChI is InChI=1S/C17H27N3O/c1-19(2)13-15-9-6-12-20(15)17(21)16(18)11-10-14-7-4-3-5-8-14/h3-5,7-8,15-16H,6,9-13,18H2,1-2H3/t15?,16-/m0/s1. The molecule has 0 radical (unpaired) electrons. The van der Waals surface area contributed by atoms with Gasteiger partial charge in [-0.25, -0.2) is 0 Å². The lowest BCUT2D eigenvalue weighted by atomic mass is 10.0. The second-order valence-electron chi connectivity index (χ2n) is 6.22. The van der Waals surface area contributed by atoms with E-state index in [2.05, 4.69) is 31.1 Å². The molecule has 0 aliphatic carbocycles. The number of carbonyl (C=O) groups is 1. The number of amides is 1. The first kappa shape index (κ1) is 16.0. The van der Waals surface area contributed by atoms with Gasteiger partial charge in [-0.05, 0) is 45.3 Å². The van der Waals surface area contributed by atoms with E-state index >= 15 is 0 Å². The van der Waals surface area contributed by atoms with Crippen molar-refractivity contribution in [3.63, 3.8) is 0 Å². The van der Waals surface area contributed by atoms with Crippen LogP contribution in [0, 0.1) is 0 Å². The second-order valence-corrected chi connectivity index (χ2v) is 6.22. The number of likely N-dealkylation sites (tertiary alicyclic amines) is 1. The molecule has 1 aromatic rings. The summed E-state index contributed by atoms with van der Waals surface area (Å²) in [5.74, 6) is 0.121. The monoisotopic (exact) mass is 289 g/mol. The number of likely N-dealkylation sites (N-methyl/N-ethyl adjacent to an activating group) is 1. The fourth-order valence-corrected chi connectivity index (χ4v) is 3.04. The van der Waals surface area contributed by atoms with E-state index in [1.165, 1.54) is 5.56 Å². The zero-order valence-corrected chi connectivity index (χ0v) is 13.2. The highest BCUT2D eigenvalue weighted by Crippen LogP contribution is 2.19. The first-order valence-electron chi connectivity index (χ1n) is 7.82. The largest absolute Gasteiger partial charge is 0.337 e. The maximum absolute atomic E-state index is 12.5. The van der Waals surface area contributed by atoms with Crippen molar-refractivity contribution >= 4 is 5.91 Å². The summed E-state index contributed by atoms with van der Waals surface area (Å²) in [5.41, 5.74) is 7.38. The molecule has 1 aromatic carbocycles. The molecule has 1 amide bonds. The molecular formula is C17H27N3O. The third kappa shape index (κ3) is 4.55. The molecule has 1 aliphatic heterocycles. The molecule has 0 bridgehead atoms. The summed E-state index contributed by atoms with van der Waals surface area (Å²) in [6.07, 6.45) is 3.76. The third-order valence-corrected chi connectivity index (χ3v) is 4.14. The molecule has 1 aliphatic rings. The Morgan fingerprint density at radius 1 is 1.38 bits per heavy atom. The Labute approximate surface area is 127 Å². The molecule has 1 unspecified atom stereocenters. The summed E-state index contributed by atoms with van der Waals surface area (Å²) in [4.78, 5) is 16.7. The summed E-state index contributed by atoms with van der Waals surface area (Å²) in [6, 6.07) is 10.2. The number of rotatable bonds is 6. The molecule has 1 saturated heterocycles. The van der Waals surface area contributed by atoms with Crippen molar-refractivity contribution in [2.24, 2.45) is 5.73 Å². The van der Waals surface area contributed by atoms with Crippen molar-refractivity contribution in [1.82, 2.24) is 9.80 Å². The van der Waals surface area contributed by atoms with E-state index in [9.17, 15) is 4.79 Å². The van der Waals surface area contributed by atoms with Gasteiger partial charge >= 0.3 is 0 Å². The molecule has 4 nitrogen and oxygen atoms in total.